The number of carboxylic acid groups (broad SMARTS) is 1. The molecule has 11 heteroatoms. The fraction of sp³-hybridized carbons (Fsp3) is 0.385. The number of hydrogen-bond acceptors (Lipinski definition) is 8. The van der Waals surface area contributed by atoms with E-state index >= 15 is 0 Å². The molecule has 1 aliphatic heterocycles. The molecular formula is C26H30N4O6S. The number of aliphatic hydroxyl groups excluding tert-OH is 1. The number of aliphatic carboxylic acids is 1. The molecule has 1 fully saturated rings. The number of benzene rings is 2. The second-order valence-corrected chi connectivity index (χ2v) is 9.78. The normalized spacial score (nSPS) is 19.5. The SMILES string of the molecule is Cn1cnnc1SC[C@@H]1C[C@H](c2ccc(CO)cc2)O[C@H](c2ccc(CNC(=O)CCC(=O)O)cc2)O1. The second-order valence-electron chi connectivity index (χ2n) is 8.80. The van der Waals surface area contributed by atoms with E-state index in [0.717, 1.165) is 27.4 Å². The highest BCUT2D eigenvalue weighted by molar-refractivity contribution is 7.99. The summed E-state index contributed by atoms with van der Waals surface area (Å²) in [7, 11) is 1.90. The Morgan fingerprint density at radius 2 is 1.76 bits per heavy atom. The van der Waals surface area contributed by atoms with Crippen molar-refractivity contribution in [2.75, 3.05) is 5.75 Å². The van der Waals surface area contributed by atoms with E-state index in [0.29, 0.717) is 18.7 Å². The number of nitrogens with one attached hydrogen (secondary N) is 1. The zero-order valence-electron chi connectivity index (χ0n) is 20.4. The first-order chi connectivity index (χ1) is 17.9. The third kappa shape index (κ3) is 7.62. The number of nitrogens with zero attached hydrogens (tertiary/aromatic N) is 3. The van der Waals surface area contributed by atoms with Gasteiger partial charge in [0.15, 0.2) is 11.4 Å². The highest BCUT2D eigenvalue weighted by atomic mass is 32.2. The van der Waals surface area contributed by atoms with Crippen LogP contribution in [0.5, 0.6) is 0 Å². The predicted octanol–water partition coefficient (Wildman–Crippen LogP) is 3.13. The number of carboxylic acids is 1. The number of amides is 1. The van der Waals surface area contributed by atoms with Crippen LogP contribution in [-0.4, -0.2) is 48.7 Å². The van der Waals surface area contributed by atoms with Crippen LogP contribution in [0.25, 0.3) is 0 Å². The largest absolute Gasteiger partial charge is 0.481 e. The van der Waals surface area contributed by atoms with Crippen LogP contribution in [-0.2, 0) is 39.3 Å². The van der Waals surface area contributed by atoms with Gasteiger partial charge in [0.05, 0.1) is 25.2 Å². The van der Waals surface area contributed by atoms with E-state index in [1.165, 1.54) is 0 Å². The zero-order valence-corrected chi connectivity index (χ0v) is 21.3. The minimum atomic E-state index is -0.997. The van der Waals surface area contributed by atoms with Gasteiger partial charge in [-0.25, -0.2) is 0 Å². The molecule has 1 saturated heterocycles. The molecule has 3 N–H and O–H groups in total. The summed E-state index contributed by atoms with van der Waals surface area (Å²) < 4.78 is 14.6. The molecule has 0 saturated carbocycles. The fourth-order valence-electron chi connectivity index (χ4n) is 3.90. The fourth-order valence-corrected chi connectivity index (χ4v) is 4.80. The van der Waals surface area contributed by atoms with Gasteiger partial charge in [0.25, 0.3) is 0 Å². The van der Waals surface area contributed by atoms with Gasteiger partial charge in [-0.15, -0.1) is 10.2 Å². The van der Waals surface area contributed by atoms with Crippen molar-refractivity contribution in [3.8, 4) is 0 Å². The van der Waals surface area contributed by atoms with Crippen LogP contribution in [0, 0.1) is 0 Å². The number of carbonyl (C=O) groups excluding carboxylic acids is 1. The summed E-state index contributed by atoms with van der Waals surface area (Å²) in [6.45, 7) is 0.294. The highest BCUT2D eigenvalue weighted by Crippen LogP contribution is 2.39. The van der Waals surface area contributed by atoms with E-state index in [-0.39, 0.29) is 37.6 Å². The van der Waals surface area contributed by atoms with Crippen LogP contribution >= 0.6 is 11.8 Å². The quantitative estimate of drug-likeness (QED) is 0.322. The van der Waals surface area contributed by atoms with Crippen molar-refractivity contribution in [2.45, 2.75) is 56.1 Å². The van der Waals surface area contributed by atoms with Gasteiger partial charge in [-0.3, -0.25) is 9.59 Å². The maximum absolute atomic E-state index is 11.8. The lowest BCUT2D eigenvalue weighted by molar-refractivity contribution is -0.245. The molecule has 0 radical (unpaired) electrons. The molecule has 2 aromatic carbocycles. The standard InChI is InChI=1S/C26H30N4O6S/c1-30-16-28-29-26(30)37-15-21-12-22(19-6-4-18(14-31)5-7-19)36-25(35-21)20-8-2-17(3-9-20)13-27-23(32)10-11-24(33)34/h2-9,16,21-22,25,31H,10-15H2,1H3,(H,27,32)(H,33,34)/t21-,22+,25+/m0/s1. The summed E-state index contributed by atoms with van der Waals surface area (Å²) in [5.74, 6) is -0.621. The Morgan fingerprint density at radius 1 is 1.05 bits per heavy atom. The molecule has 0 bridgehead atoms. The van der Waals surface area contributed by atoms with Crippen LogP contribution in [0.4, 0.5) is 0 Å². The summed E-state index contributed by atoms with van der Waals surface area (Å²) in [6, 6.07) is 15.3. The minimum Gasteiger partial charge on any atom is -0.481 e. The summed E-state index contributed by atoms with van der Waals surface area (Å²) in [6.07, 6.45) is 1.21. The molecule has 1 amide bonds. The molecule has 0 unspecified atom stereocenters. The zero-order chi connectivity index (χ0) is 26.2. The number of rotatable bonds is 11. The molecule has 0 spiro atoms. The molecule has 1 aliphatic rings. The number of aromatic nitrogens is 3. The molecule has 37 heavy (non-hydrogen) atoms. The smallest absolute Gasteiger partial charge is 0.303 e. The van der Waals surface area contributed by atoms with Crippen LogP contribution in [0.2, 0.25) is 0 Å². The van der Waals surface area contributed by atoms with E-state index in [1.54, 1.807) is 18.1 Å². The molecule has 0 aliphatic carbocycles. The Kier molecular flexibility index (Phi) is 9.29. The minimum absolute atomic E-state index is 0.0130. The molecule has 3 atom stereocenters. The third-order valence-electron chi connectivity index (χ3n) is 5.99. The number of aryl methyl sites for hydroxylation is 1. The van der Waals surface area contributed by atoms with Gasteiger partial charge in [-0.05, 0) is 16.7 Å². The number of hydrogen-bond donors (Lipinski definition) is 3. The van der Waals surface area contributed by atoms with Gasteiger partial charge in [-0.2, -0.15) is 0 Å². The molecular weight excluding hydrogens is 496 g/mol. The summed E-state index contributed by atoms with van der Waals surface area (Å²) in [5.41, 5.74) is 3.59. The van der Waals surface area contributed by atoms with E-state index in [1.807, 2.05) is 60.1 Å². The molecule has 1 aromatic heterocycles. The number of aliphatic hydroxyl groups is 1. The van der Waals surface area contributed by atoms with Crippen molar-refractivity contribution in [2.24, 2.45) is 7.05 Å². The first kappa shape index (κ1) is 26.8. The number of ether oxygens (including phenoxy) is 2. The average molecular weight is 527 g/mol. The molecule has 4 rings (SSSR count). The lowest BCUT2D eigenvalue weighted by Crippen LogP contribution is -2.31. The van der Waals surface area contributed by atoms with Crippen molar-refractivity contribution in [3.63, 3.8) is 0 Å². The number of carbonyl (C=O) groups is 2. The Bertz CT molecular complexity index is 1180. The van der Waals surface area contributed by atoms with E-state index in [4.69, 9.17) is 14.6 Å². The summed E-state index contributed by atoms with van der Waals surface area (Å²) in [4.78, 5) is 22.4. The first-order valence-electron chi connectivity index (χ1n) is 12.0. The number of thioether (sulfide) groups is 1. The Hall–Kier alpha value is -3.25. The summed E-state index contributed by atoms with van der Waals surface area (Å²) >= 11 is 1.58. The van der Waals surface area contributed by atoms with Gasteiger partial charge in [-0.1, -0.05) is 60.3 Å². The summed E-state index contributed by atoms with van der Waals surface area (Å²) in [5, 5.41) is 29.7. The van der Waals surface area contributed by atoms with Crippen molar-refractivity contribution < 1.29 is 29.3 Å². The van der Waals surface area contributed by atoms with E-state index in [9.17, 15) is 14.7 Å². The second kappa shape index (κ2) is 12.8. The van der Waals surface area contributed by atoms with Crippen LogP contribution in [0.15, 0.2) is 60.0 Å². The van der Waals surface area contributed by atoms with Gasteiger partial charge < -0.3 is 29.6 Å². The molecule has 10 nitrogen and oxygen atoms in total. The third-order valence-corrected chi connectivity index (χ3v) is 7.16. The van der Waals surface area contributed by atoms with Crippen LogP contribution < -0.4 is 5.32 Å². The van der Waals surface area contributed by atoms with E-state index < -0.39 is 12.3 Å². The average Bonchev–Trinajstić information content (AvgIpc) is 3.34. The van der Waals surface area contributed by atoms with Crippen LogP contribution in [0.3, 0.4) is 0 Å². The maximum Gasteiger partial charge on any atom is 0.303 e. The maximum atomic E-state index is 11.8. The van der Waals surface area contributed by atoms with Gasteiger partial charge >= 0.3 is 5.97 Å². The van der Waals surface area contributed by atoms with Gasteiger partial charge in [0, 0.05) is 37.8 Å². The first-order valence-corrected chi connectivity index (χ1v) is 12.9. The molecule has 3 aromatic rings. The van der Waals surface area contributed by atoms with Crippen molar-refractivity contribution >= 4 is 23.6 Å². The topological polar surface area (TPSA) is 136 Å². The monoisotopic (exact) mass is 526 g/mol. The lowest BCUT2D eigenvalue weighted by atomic mass is 10.0. The Balaban J connectivity index is 1.43. The van der Waals surface area contributed by atoms with Crippen LogP contribution in [0.1, 0.15) is 53.9 Å². The van der Waals surface area contributed by atoms with Gasteiger partial charge in [0.1, 0.15) is 6.33 Å². The molecule has 2 heterocycles. The van der Waals surface area contributed by atoms with Crippen molar-refractivity contribution in [3.05, 3.63) is 77.1 Å². The molecule has 196 valence electrons. The van der Waals surface area contributed by atoms with Crippen molar-refractivity contribution in [1.82, 2.24) is 20.1 Å². The van der Waals surface area contributed by atoms with E-state index in [2.05, 4.69) is 15.5 Å². The van der Waals surface area contributed by atoms with Gasteiger partial charge in [0.2, 0.25) is 5.91 Å². The van der Waals surface area contributed by atoms with Crippen molar-refractivity contribution in [1.29, 1.82) is 0 Å². The predicted molar refractivity (Wildman–Crippen MR) is 135 cm³/mol. The Morgan fingerprint density at radius 3 is 2.41 bits per heavy atom. The highest BCUT2D eigenvalue weighted by Gasteiger charge is 2.32. The Labute approximate surface area is 219 Å². The lowest BCUT2D eigenvalue weighted by Gasteiger charge is -2.36.